The Morgan fingerprint density at radius 2 is 1.75 bits per heavy atom. The van der Waals surface area contributed by atoms with Crippen molar-refractivity contribution in [1.82, 2.24) is 9.88 Å². The second-order valence-corrected chi connectivity index (χ2v) is 8.73. The molecular formula is C28H31N3O5. The van der Waals surface area contributed by atoms with E-state index in [4.69, 9.17) is 20.3 Å². The Balaban J connectivity index is 0.000000174. The molecule has 0 bridgehead atoms. The van der Waals surface area contributed by atoms with Gasteiger partial charge in [0, 0.05) is 35.6 Å². The minimum Gasteiger partial charge on any atom is -0.492 e. The molecule has 0 saturated heterocycles. The fourth-order valence-electron chi connectivity index (χ4n) is 4.15. The fraction of sp³-hybridized carbons (Fsp3) is 0.321. The van der Waals surface area contributed by atoms with E-state index < -0.39 is 6.04 Å². The van der Waals surface area contributed by atoms with Crippen LogP contribution in [0.1, 0.15) is 53.0 Å². The molecule has 3 aromatic rings. The number of pyridine rings is 1. The van der Waals surface area contributed by atoms with Crippen LogP contribution in [-0.2, 0) is 6.61 Å². The number of aliphatic hydroxyl groups is 1. The SMILES string of the molecule is CC[C@@H](CO)N1C(=O)c2ccccc2C1=O.CC[C@H](N)COc1ccc2c(c1)OCc1cnccc1-2. The number of carbonyl (C=O) groups excluding carboxylic acids is 2. The summed E-state index contributed by atoms with van der Waals surface area (Å²) in [6.07, 6.45) is 5.12. The van der Waals surface area contributed by atoms with Crippen LogP contribution in [0, 0.1) is 0 Å². The lowest BCUT2D eigenvalue weighted by atomic mass is 9.99. The number of nitrogens with two attached hydrogens (primary N) is 1. The number of carbonyl (C=O) groups is 2. The Kier molecular flexibility index (Phi) is 7.97. The molecule has 0 aliphatic carbocycles. The molecular weight excluding hydrogens is 458 g/mol. The molecule has 2 aliphatic heterocycles. The second-order valence-electron chi connectivity index (χ2n) is 8.73. The maximum absolute atomic E-state index is 12.0. The van der Waals surface area contributed by atoms with Crippen LogP contribution in [0.25, 0.3) is 11.1 Å². The van der Waals surface area contributed by atoms with Crippen molar-refractivity contribution >= 4 is 11.8 Å². The third-order valence-electron chi connectivity index (χ3n) is 6.39. The van der Waals surface area contributed by atoms with Crippen molar-refractivity contribution in [3.8, 4) is 22.6 Å². The molecule has 0 unspecified atom stereocenters. The molecule has 188 valence electrons. The highest BCUT2D eigenvalue weighted by atomic mass is 16.5. The third-order valence-corrected chi connectivity index (χ3v) is 6.39. The van der Waals surface area contributed by atoms with E-state index in [1.165, 1.54) is 5.56 Å². The number of amides is 2. The Hall–Kier alpha value is -3.75. The summed E-state index contributed by atoms with van der Waals surface area (Å²) in [7, 11) is 0. The van der Waals surface area contributed by atoms with Crippen molar-refractivity contribution in [2.24, 2.45) is 5.73 Å². The Morgan fingerprint density at radius 3 is 2.39 bits per heavy atom. The zero-order valence-electron chi connectivity index (χ0n) is 20.5. The van der Waals surface area contributed by atoms with Crippen LogP contribution in [0.4, 0.5) is 0 Å². The summed E-state index contributed by atoms with van der Waals surface area (Å²) in [6.45, 7) is 4.77. The fourth-order valence-corrected chi connectivity index (χ4v) is 4.15. The maximum Gasteiger partial charge on any atom is 0.261 e. The Bertz CT molecular complexity index is 1210. The molecule has 3 heterocycles. The molecule has 0 saturated carbocycles. The van der Waals surface area contributed by atoms with Crippen molar-refractivity contribution < 1.29 is 24.2 Å². The molecule has 2 aliphatic rings. The Morgan fingerprint density at radius 1 is 1.03 bits per heavy atom. The number of rotatable bonds is 7. The van der Waals surface area contributed by atoms with Gasteiger partial charge in [-0.25, -0.2) is 0 Å². The van der Waals surface area contributed by atoms with Gasteiger partial charge in [-0.3, -0.25) is 19.5 Å². The highest BCUT2D eigenvalue weighted by Crippen LogP contribution is 2.39. The average Bonchev–Trinajstić information content (AvgIpc) is 3.18. The zero-order chi connectivity index (χ0) is 25.7. The summed E-state index contributed by atoms with van der Waals surface area (Å²) in [4.78, 5) is 29.2. The molecule has 8 nitrogen and oxygen atoms in total. The largest absolute Gasteiger partial charge is 0.492 e. The standard InChI is InChI=1S/C16H18N2O2.C12H13NO3/c1-2-12(17)10-19-13-3-4-15-14-5-6-18-8-11(14)9-20-16(15)7-13;1-2-8(7-14)13-11(15)9-5-3-4-6-10(9)12(13)16/h3-8,12H,2,9-10,17H2,1H3;3-6,8,14H,2,7H2,1H3/t12-;8-/m00/s1. The van der Waals surface area contributed by atoms with Crippen LogP contribution < -0.4 is 15.2 Å². The van der Waals surface area contributed by atoms with Gasteiger partial charge in [0.15, 0.2) is 0 Å². The quantitative estimate of drug-likeness (QED) is 0.485. The predicted molar refractivity (Wildman–Crippen MR) is 136 cm³/mol. The first-order valence-corrected chi connectivity index (χ1v) is 12.1. The molecule has 8 heteroatoms. The predicted octanol–water partition coefficient (Wildman–Crippen LogP) is 3.81. The van der Waals surface area contributed by atoms with E-state index in [1.54, 1.807) is 30.5 Å². The molecule has 2 amide bonds. The van der Waals surface area contributed by atoms with Crippen molar-refractivity contribution in [2.75, 3.05) is 13.2 Å². The zero-order valence-corrected chi connectivity index (χ0v) is 20.5. The summed E-state index contributed by atoms with van der Waals surface area (Å²) in [5.41, 5.74) is 10.1. The molecule has 0 fully saturated rings. The van der Waals surface area contributed by atoms with Gasteiger partial charge in [0.05, 0.1) is 23.8 Å². The van der Waals surface area contributed by atoms with E-state index in [9.17, 15) is 9.59 Å². The van der Waals surface area contributed by atoms with Crippen LogP contribution in [0.2, 0.25) is 0 Å². The van der Waals surface area contributed by atoms with Gasteiger partial charge in [0.2, 0.25) is 0 Å². The number of fused-ring (bicyclic) bond motifs is 4. The summed E-state index contributed by atoms with van der Waals surface area (Å²) >= 11 is 0. The first-order valence-electron chi connectivity index (χ1n) is 12.1. The molecule has 2 aromatic carbocycles. The molecule has 5 rings (SSSR count). The minimum absolute atomic E-state index is 0.0683. The molecule has 3 N–H and O–H groups in total. The molecule has 36 heavy (non-hydrogen) atoms. The normalized spacial score (nSPS) is 15.1. The summed E-state index contributed by atoms with van der Waals surface area (Å²) < 4.78 is 11.5. The van der Waals surface area contributed by atoms with Gasteiger partial charge in [0.25, 0.3) is 11.8 Å². The summed E-state index contributed by atoms with van der Waals surface area (Å²) in [5, 5.41) is 9.15. The first-order chi connectivity index (χ1) is 17.5. The van der Waals surface area contributed by atoms with Crippen molar-refractivity contribution in [3.63, 3.8) is 0 Å². The van der Waals surface area contributed by atoms with Crippen molar-refractivity contribution in [3.05, 3.63) is 77.6 Å². The number of ether oxygens (including phenoxy) is 2. The van der Waals surface area contributed by atoms with E-state index in [-0.39, 0.29) is 24.5 Å². The van der Waals surface area contributed by atoms with Gasteiger partial charge >= 0.3 is 0 Å². The topological polar surface area (TPSA) is 115 Å². The van der Waals surface area contributed by atoms with Gasteiger partial charge in [0.1, 0.15) is 24.7 Å². The van der Waals surface area contributed by atoms with Gasteiger partial charge in [-0.15, -0.1) is 0 Å². The molecule has 0 spiro atoms. The van der Waals surface area contributed by atoms with Crippen LogP contribution in [0.15, 0.2) is 60.9 Å². The van der Waals surface area contributed by atoms with E-state index in [0.717, 1.165) is 33.9 Å². The number of hydrogen-bond donors (Lipinski definition) is 2. The van der Waals surface area contributed by atoms with Gasteiger partial charge in [-0.1, -0.05) is 26.0 Å². The van der Waals surface area contributed by atoms with Gasteiger partial charge in [-0.2, -0.15) is 0 Å². The van der Waals surface area contributed by atoms with E-state index >= 15 is 0 Å². The van der Waals surface area contributed by atoms with Gasteiger partial charge < -0.3 is 20.3 Å². The van der Waals surface area contributed by atoms with E-state index in [1.807, 2.05) is 37.4 Å². The number of hydrogen-bond acceptors (Lipinski definition) is 7. The number of nitrogens with zero attached hydrogens (tertiary/aromatic N) is 2. The first kappa shape index (κ1) is 25.3. The monoisotopic (exact) mass is 489 g/mol. The highest BCUT2D eigenvalue weighted by molar-refractivity contribution is 6.21. The summed E-state index contributed by atoms with van der Waals surface area (Å²) in [5.74, 6) is 1.04. The van der Waals surface area contributed by atoms with Crippen LogP contribution in [0.3, 0.4) is 0 Å². The van der Waals surface area contributed by atoms with Crippen molar-refractivity contribution in [1.29, 1.82) is 0 Å². The minimum atomic E-state index is -0.424. The number of benzene rings is 2. The van der Waals surface area contributed by atoms with E-state index in [2.05, 4.69) is 11.9 Å². The van der Waals surface area contributed by atoms with Crippen molar-refractivity contribution in [2.45, 2.75) is 45.4 Å². The van der Waals surface area contributed by atoms with Crippen LogP contribution in [-0.4, -0.2) is 52.1 Å². The smallest absolute Gasteiger partial charge is 0.261 e. The lowest BCUT2D eigenvalue weighted by Gasteiger charge is -2.22. The maximum atomic E-state index is 12.0. The number of aliphatic hydroxyl groups excluding tert-OH is 1. The Labute approximate surface area is 210 Å². The van der Waals surface area contributed by atoms with E-state index in [0.29, 0.717) is 30.8 Å². The van der Waals surface area contributed by atoms with Crippen LogP contribution >= 0.6 is 0 Å². The number of imide groups is 1. The third kappa shape index (κ3) is 5.10. The molecule has 0 radical (unpaired) electrons. The lowest BCUT2D eigenvalue weighted by molar-refractivity contribution is 0.0511. The molecule has 1 aromatic heterocycles. The lowest BCUT2D eigenvalue weighted by Crippen LogP contribution is -2.41. The van der Waals surface area contributed by atoms with Gasteiger partial charge in [-0.05, 0) is 48.7 Å². The molecule has 2 atom stereocenters. The van der Waals surface area contributed by atoms with Crippen LogP contribution in [0.5, 0.6) is 11.5 Å². The average molecular weight is 490 g/mol. The summed E-state index contributed by atoms with van der Waals surface area (Å²) in [6, 6.07) is 14.3. The number of aromatic nitrogens is 1. The highest BCUT2D eigenvalue weighted by Gasteiger charge is 2.38. The second kappa shape index (κ2) is 11.3.